The summed E-state index contributed by atoms with van der Waals surface area (Å²) in [6, 6.07) is 6.56. The molecular formula is C12H11NO3. The van der Waals surface area contributed by atoms with Crippen molar-refractivity contribution in [2.45, 2.75) is 13.0 Å². The van der Waals surface area contributed by atoms with E-state index in [0.29, 0.717) is 6.54 Å². The van der Waals surface area contributed by atoms with Gasteiger partial charge in [0, 0.05) is 0 Å². The van der Waals surface area contributed by atoms with Crippen molar-refractivity contribution in [1.82, 2.24) is 4.90 Å². The summed E-state index contributed by atoms with van der Waals surface area (Å²) in [6.45, 7) is 0.324. The highest BCUT2D eigenvalue weighted by atomic mass is 16.3. The van der Waals surface area contributed by atoms with Crippen LogP contribution in [-0.4, -0.2) is 21.8 Å². The number of carbonyl (C=O) groups excluding carboxylic acids is 2. The van der Waals surface area contributed by atoms with E-state index >= 15 is 0 Å². The van der Waals surface area contributed by atoms with Crippen molar-refractivity contribution < 1.29 is 14.7 Å². The van der Waals surface area contributed by atoms with Crippen molar-refractivity contribution in [3.05, 3.63) is 29.8 Å². The maximum absolute atomic E-state index is 11.7. The first-order valence-electron chi connectivity index (χ1n) is 5.30. The number of hydrogen-bond acceptors (Lipinski definition) is 3. The number of carbonyl (C=O) groups is 2. The molecule has 2 unspecified atom stereocenters. The molecule has 0 radical (unpaired) electrons. The van der Waals surface area contributed by atoms with E-state index in [1.807, 2.05) is 0 Å². The molecule has 16 heavy (non-hydrogen) atoms. The largest absolute Gasteiger partial charge is 0.508 e. The monoisotopic (exact) mass is 217 g/mol. The third-order valence-corrected chi connectivity index (χ3v) is 3.23. The van der Waals surface area contributed by atoms with Crippen LogP contribution in [0.4, 0.5) is 0 Å². The zero-order valence-corrected chi connectivity index (χ0v) is 8.59. The molecular weight excluding hydrogens is 206 g/mol. The van der Waals surface area contributed by atoms with Crippen molar-refractivity contribution in [1.29, 1.82) is 0 Å². The molecule has 82 valence electrons. The highest BCUT2D eigenvalue weighted by molar-refractivity contribution is 6.08. The summed E-state index contributed by atoms with van der Waals surface area (Å²) in [5.41, 5.74) is 0.862. The summed E-state index contributed by atoms with van der Waals surface area (Å²) in [5, 5.41) is 9.12. The van der Waals surface area contributed by atoms with Gasteiger partial charge in [-0.1, -0.05) is 12.1 Å². The predicted octanol–water partition coefficient (Wildman–Crippen LogP) is 0.897. The van der Waals surface area contributed by atoms with Crippen LogP contribution in [0.15, 0.2) is 24.3 Å². The molecule has 0 aromatic heterocycles. The molecule has 1 N–H and O–H groups in total. The van der Waals surface area contributed by atoms with E-state index in [1.165, 1.54) is 4.90 Å². The lowest BCUT2D eigenvalue weighted by Gasteiger charge is -2.16. The summed E-state index contributed by atoms with van der Waals surface area (Å²) in [6.07, 6.45) is 0.740. The Morgan fingerprint density at radius 1 is 1.12 bits per heavy atom. The van der Waals surface area contributed by atoms with Crippen LogP contribution in [0.1, 0.15) is 12.0 Å². The summed E-state index contributed by atoms with van der Waals surface area (Å²) < 4.78 is 0. The molecule has 3 rings (SSSR count). The Morgan fingerprint density at radius 2 is 1.69 bits per heavy atom. The van der Waals surface area contributed by atoms with E-state index < -0.39 is 0 Å². The average Bonchev–Trinajstić information content (AvgIpc) is 3.02. The third-order valence-electron chi connectivity index (χ3n) is 3.23. The highest BCUT2D eigenvalue weighted by Crippen LogP contribution is 2.47. The Bertz CT molecular complexity index is 446. The van der Waals surface area contributed by atoms with E-state index in [2.05, 4.69) is 0 Å². The maximum atomic E-state index is 11.7. The molecule has 1 saturated heterocycles. The van der Waals surface area contributed by atoms with Gasteiger partial charge in [-0.2, -0.15) is 0 Å². The van der Waals surface area contributed by atoms with E-state index in [1.54, 1.807) is 24.3 Å². The number of nitrogens with zero attached hydrogens (tertiary/aromatic N) is 1. The Kier molecular flexibility index (Phi) is 1.80. The summed E-state index contributed by atoms with van der Waals surface area (Å²) in [4.78, 5) is 24.7. The van der Waals surface area contributed by atoms with E-state index in [0.717, 1.165) is 12.0 Å². The van der Waals surface area contributed by atoms with Gasteiger partial charge in [-0.3, -0.25) is 14.5 Å². The second-order valence-corrected chi connectivity index (χ2v) is 4.38. The average molecular weight is 217 g/mol. The first kappa shape index (κ1) is 9.39. The summed E-state index contributed by atoms with van der Waals surface area (Å²) in [5.74, 6) is 0.0334. The molecule has 1 saturated carbocycles. The molecule has 2 fully saturated rings. The Hall–Kier alpha value is -1.84. The molecule has 2 atom stereocenters. The van der Waals surface area contributed by atoms with Gasteiger partial charge in [0.05, 0.1) is 18.4 Å². The van der Waals surface area contributed by atoms with E-state index in [-0.39, 0.29) is 29.4 Å². The first-order chi connectivity index (χ1) is 7.66. The predicted molar refractivity (Wildman–Crippen MR) is 55.3 cm³/mol. The molecule has 2 aliphatic rings. The Labute approximate surface area is 92.5 Å². The SMILES string of the molecule is O=C1C2CC2C(=O)N1Cc1ccc(O)cc1. The molecule has 2 amide bonds. The first-order valence-corrected chi connectivity index (χ1v) is 5.30. The molecule has 1 aliphatic carbocycles. The molecule has 0 spiro atoms. The Balaban J connectivity index is 1.78. The van der Waals surface area contributed by atoms with Crippen LogP contribution in [0.2, 0.25) is 0 Å². The normalized spacial score (nSPS) is 27.1. The van der Waals surface area contributed by atoms with Gasteiger partial charge in [0.15, 0.2) is 0 Å². The van der Waals surface area contributed by atoms with Crippen molar-refractivity contribution in [3.63, 3.8) is 0 Å². The van der Waals surface area contributed by atoms with E-state index in [4.69, 9.17) is 5.11 Å². The third kappa shape index (κ3) is 1.30. The van der Waals surface area contributed by atoms with Gasteiger partial charge < -0.3 is 5.11 Å². The van der Waals surface area contributed by atoms with Gasteiger partial charge >= 0.3 is 0 Å². The van der Waals surface area contributed by atoms with Gasteiger partial charge in [-0.05, 0) is 24.1 Å². The number of aromatic hydroxyl groups is 1. The number of phenolic OH excluding ortho intramolecular Hbond substituents is 1. The van der Waals surface area contributed by atoms with Crippen LogP contribution in [-0.2, 0) is 16.1 Å². The van der Waals surface area contributed by atoms with Crippen LogP contribution in [0.3, 0.4) is 0 Å². The van der Waals surface area contributed by atoms with Gasteiger partial charge in [0.1, 0.15) is 5.75 Å². The number of hydrogen-bond donors (Lipinski definition) is 1. The maximum Gasteiger partial charge on any atom is 0.233 e. The minimum atomic E-state index is -0.0388. The number of piperidine rings is 1. The van der Waals surface area contributed by atoms with Gasteiger partial charge in [0.25, 0.3) is 0 Å². The summed E-state index contributed by atoms with van der Waals surface area (Å²) >= 11 is 0. The van der Waals surface area contributed by atoms with Crippen LogP contribution in [0, 0.1) is 11.8 Å². The topological polar surface area (TPSA) is 57.6 Å². The number of fused-ring (bicyclic) bond motifs is 1. The lowest BCUT2D eigenvalue weighted by atomic mass is 10.2. The standard InChI is InChI=1S/C12H11NO3/c14-8-3-1-7(2-4-8)6-13-11(15)9-5-10(9)12(13)16/h1-4,9-10,14H,5-6H2. The van der Waals surface area contributed by atoms with E-state index in [9.17, 15) is 9.59 Å². The quantitative estimate of drug-likeness (QED) is 0.749. The Morgan fingerprint density at radius 3 is 2.25 bits per heavy atom. The summed E-state index contributed by atoms with van der Waals surface area (Å²) in [7, 11) is 0. The fourth-order valence-corrected chi connectivity index (χ4v) is 2.19. The fraction of sp³-hybridized carbons (Fsp3) is 0.333. The van der Waals surface area contributed by atoms with Crippen molar-refractivity contribution in [2.75, 3.05) is 0 Å². The number of benzene rings is 1. The molecule has 1 aliphatic heterocycles. The molecule has 4 heteroatoms. The van der Waals surface area contributed by atoms with Gasteiger partial charge in [-0.25, -0.2) is 0 Å². The minimum Gasteiger partial charge on any atom is -0.508 e. The zero-order valence-electron chi connectivity index (χ0n) is 8.59. The number of phenols is 1. The number of likely N-dealkylation sites (tertiary alicyclic amines) is 1. The molecule has 0 bridgehead atoms. The molecule has 4 nitrogen and oxygen atoms in total. The molecule has 1 aromatic rings. The number of amides is 2. The van der Waals surface area contributed by atoms with Crippen LogP contribution < -0.4 is 0 Å². The molecule has 1 aromatic carbocycles. The van der Waals surface area contributed by atoms with Crippen LogP contribution in [0.25, 0.3) is 0 Å². The van der Waals surface area contributed by atoms with Crippen molar-refractivity contribution in [2.24, 2.45) is 11.8 Å². The van der Waals surface area contributed by atoms with Crippen LogP contribution in [0.5, 0.6) is 5.75 Å². The minimum absolute atomic E-state index is 0.0374. The second-order valence-electron chi connectivity index (χ2n) is 4.38. The van der Waals surface area contributed by atoms with Crippen molar-refractivity contribution in [3.8, 4) is 5.75 Å². The second kappa shape index (κ2) is 3.07. The fourth-order valence-electron chi connectivity index (χ4n) is 2.19. The highest BCUT2D eigenvalue weighted by Gasteiger charge is 2.58. The number of imide groups is 1. The number of rotatable bonds is 2. The molecule has 1 heterocycles. The van der Waals surface area contributed by atoms with Crippen molar-refractivity contribution >= 4 is 11.8 Å². The van der Waals surface area contributed by atoms with Gasteiger partial charge in [0.2, 0.25) is 11.8 Å². The van der Waals surface area contributed by atoms with Gasteiger partial charge in [-0.15, -0.1) is 0 Å². The zero-order chi connectivity index (χ0) is 11.3. The van der Waals surface area contributed by atoms with Crippen LogP contribution >= 0.6 is 0 Å². The smallest absolute Gasteiger partial charge is 0.233 e. The lowest BCUT2D eigenvalue weighted by Crippen LogP contribution is -2.32. The lowest BCUT2D eigenvalue weighted by molar-refractivity contribution is -0.142.